The average Bonchev–Trinajstić information content (AvgIpc) is 3.05. The average molecular weight is 348 g/mol. The molecule has 0 saturated heterocycles. The number of nitrogens with zero attached hydrogens (tertiary/aromatic N) is 1. The molecule has 0 aliphatic carbocycles. The molecule has 0 N–H and O–H groups in total. The number of fused-ring (bicyclic) bond motifs is 1. The fourth-order valence-electron chi connectivity index (χ4n) is 2.03. The molecule has 0 bridgehead atoms. The molecule has 1 aromatic carbocycles. The number of halogens is 1. The van der Waals surface area contributed by atoms with Crippen LogP contribution >= 0.6 is 11.3 Å². The highest BCUT2D eigenvalue weighted by molar-refractivity contribution is 7.18. The van der Waals surface area contributed by atoms with E-state index in [0.29, 0.717) is 0 Å². The van der Waals surface area contributed by atoms with Gasteiger partial charge in [0.15, 0.2) is 6.54 Å². The first kappa shape index (κ1) is 14.8. The number of benzene rings is 1. The maximum absolute atomic E-state index is 5.32. The Labute approximate surface area is 132 Å². The minimum absolute atomic E-state index is 0. The molecule has 20 heavy (non-hydrogen) atoms. The van der Waals surface area contributed by atoms with Crippen LogP contribution in [0.1, 0.15) is 10.8 Å². The predicted molar refractivity (Wildman–Crippen MR) is 79.9 cm³/mol. The SMILES string of the molecule is C=CC[n+]1c(C=Cc2ccco2)sc2ccccc21.[Br-]. The molecule has 3 rings (SSSR count). The van der Waals surface area contributed by atoms with Crippen molar-refractivity contribution in [2.24, 2.45) is 0 Å². The van der Waals surface area contributed by atoms with Crippen molar-refractivity contribution in [2.75, 3.05) is 0 Å². The first-order chi connectivity index (χ1) is 9.38. The van der Waals surface area contributed by atoms with Gasteiger partial charge in [0.2, 0.25) is 5.52 Å². The van der Waals surface area contributed by atoms with Gasteiger partial charge in [0.05, 0.1) is 6.26 Å². The molecule has 0 unspecified atom stereocenters. The Hall–Kier alpha value is -1.65. The summed E-state index contributed by atoms with van der Waals surface area (Å²) < 4.78 is 8.85. The van der Waals surface area contributed by atoms with Crippen LogP contribution < -0.4 is 21.5 Å². The lowest BCUT2D eigenvalue weighted by molar-refractivity contribution is -0.658. The number of furan rings is 1. The zero-order chi connectivity index (χ0) is 13.1. The number of para-hydroxylation sites is 1. The van der Waals surface area contributed by atoms with Gasteiger partial charge in [-0.05, 0) is 30.4 Å². The summed E-state index contributed by atoms with van der Waals surface area (Å²) >= 11 is 1.77. The zero-order valence-corrected chi connectivity index (χ0v) is 13.2. The van der Waals surface area contributed by atoms with E-state index in [1.807, 2.05) is 24.3 Å². The smallest absolute Gasteiger partial charge is 0.263 e. The summed E-state index contributed by atoms with van der Waals surface area (Å²) in [5.41, 5.74) is 1.24. The minimum Gasteiger partial charge on any atom is -1.00 e. The Morgan fingerprint density at radius 3 is 2.75 bits per heavy atom. The van der Waals surface area contributed by atoms with Gasteiger partial charge < -0.3 is 21.4 Å². The number of aromatic nitrogens is 1. The molecule has 4 heteroatoms. The summed E-state index contributed by atoms with van der Waals surface area (Å²) in [6, 6.07) is 12.2. The van der Waals surface area contributed by atoms with Crippen molar-refractivity contribution in [1.29, 1.82) is 0 Å². The number of allylic oxidation sites excluding steroid dienone is 1. The Kier molecular flexibility index (Phi) is 4.93. The molecule has 0 saturated carbocycles. The summed E-state index contributed by atoms with van der Waals surface area (Å²) in [6.45, 7) is 4.64. The van der Waals surface area contributed by atoms with E-state index < -0.39 is 0 Å². The van der Waals surface area contributed by atoms with Crippen molar-refractivity contribution in [3.05, 3.63) is 66.1 Å². The Balaban J connectivity index is 0.00000147. The second kappa shape index (κ2) is 6.68. The van der Waals surface area contributed by atoms with Gasteiger partial charge in [0, 0.05) is 12.1 Å². The van der Waals surface area contributed by atoms with Gasteiger partial charge in [-0.1, -0.05) is 30.0 Å². The van der Waals surface area contributed by atoms with Crippen LogP contribution in [0.5, 0.6) is 0 Å². The monoisotopic (exact) mass is 347 g/mol. The highest BCUT2D eigenvalue weighted by atomic mass is 79.9. The summed E-state index contributed by atoms with van der Waals surface area (Å²) in [5.74, 6) is 0.864. The van der Waals surface area contributed by atoms with Gasteiger partial charge in [0.1, 0.15) is 10.5 Å². The van der Waals surface area contributed by atoms with E-state index in [1.165, 1.54) is 15.2 Å². The molecular formula is C16H14BrNOS. The van der Waals surface area contributed by atoms with Crippen molar-refractivity contribution >= 4 is 33.7 Å². The molecule has 2 nitrogen and oxygen atoms in total. The van der Waals surface area contributed by atoms with Gasteiger partial charge in [-0.25, -0.2) is 0 Å². The van der Waals surface area contributed by atoms with Crippen molar-refractivity contribution in [3.63, 3.8) is 0 Å². The molecular weight excluding hydrogens is 334 g/mol. The standard InChI is InChI=1S/C16H14NOS.BrH/c1-2-11-17-14-7-3-4-8-15(14)19-16(17)10-9-13-6-5-12-18-13;/h2-10,12H,1,11H2;1H/q+1;/p-1. The van der Waals surface area contributed by atoms with E-state index in [-0.39, 0.29) is 17.0 Å². The fourth-order valence-corrected chi connectivity index (χ4v) is 3.11. The van der Waals surface area contributed by atoms with Crippen LogP contribution in [0.25, 0.3) is 22.4 Å². The van der Waals surface area contributed by atoms with E-state index in [9.17, 15) is 0 Å². The van der Waals surface area contributed by atoms with Crippen LogP contribution in [0.3, 0.4) is 0 Å². The van der Waals surface area contributed by atoms with E-state index in [1.54, 1.807) is 17.6 Å². The molecule has 2 aromatic heterocycles. The van der Waals surface area contributed by atoms with Crippen molar-refractivity contribution in [2.45, 2.75) is 6.54 Å². The van der Waals surface area contributed by atoms with Gasteiger partial charge in [0.25, 0.3) is 5.01 Å². The molecule has 0 aliphatic rings. The van der Waals surface area contributed by atoms with Crippen molar-refractivity contribution in [1.82, 2.24) is 0 Å². The molecule has 0 radical (unpaired) electrons. The van der Waals surface area contributed by atoms with Crippen LogP contribution in [0.15, 0.2) is 59.7 Å². The molecule has 0 atom stereocenters. The molecule has 3 aromatic rings. The van der Waals surface area contributed by atoms with Gasteiger partial charge >= 0.3 is 0 Å². The van der Waals surface area contributed by atoms with E-state index >= 15 is 0 Å². The Morgan fingerprint density at radius 2 is 2.00 bits per heavy atom. The van der Waals surface area contributed by atoms with Crippen LogP contribution in [0.2, 0.25) is 0 Å². The summed E-state index contributed by atoms with van der Waals surface area (Å²) in [4.78, 5) is 0. The van der Waals surface area contributed by atoms with Crippen LogP contribution in [0, 0.1) is 0 Å². The Morgan fingerprint density at radius 1 is 1.15 bits per heavy atom. The van der Waals surface area contributed by atoms with Crippen LogP contribution in [-0.4, -0.2) is 0 Å². The van der Waals surface area contributed by atoms with Crippen LogP contribution in [0.4, 0.5) is 0 Å². The van der Waals surface area contributed by atoms with Gasteiger partial charge in [-0.2, -0.15) is 4.57 Å². The normalized spacial score (nSPS) is 10.8. The summed E-state index contributed by atoms with van der Waals surface area (Å²) in [6.07, 6.45) is 7.68. The highest BCUT2D eigenvalue weighted by Gasteiger charge is 2.16. The fraction of sp³-hybridized carbons (Fsp3) is 0.0625. The third kappa shape index (κ3) is 2.92. The summed E-state index contributed by atoms with van der Waals surface area (Å²) in [5, 5.41) is 1.19. The molecule has 0 aliphatic heterocycles. The van der Waals surface area contributed by atoms with Gasteiger partial charge in [-0.3, -0.25) is 0 Å². The Bertz CT molecular complexity index is 728. The lowest BCUT2D eigenvalue weighted by atomic mass is 10.3. The van der Waals surface area contributed by atoms with Crippen molar-refractivity contribution < 1.29 is 26.0 Å². The molecule has 2 heterocycles. The molecule has 0 amide bonds. The predicted octanol–water partition coefficient (Wildman–Crippen LogP) is 1.14. The van der Waals surface area contributed by atoms with Crippen molar-refractivity contribution in [3.8, 4) is 0 Å². The van der Waals surface area contributed by atoms with E-state index in [2.05, 4.69) is 41.5 Å². The second-order valence-electron chi connectivity index (χ2n) is 4.16. The third-order valence-electron chi connectivity index (χ3n) is 2.88. The number of hydrogen-bond donors (Lipinski definition) is 0. The number of rotatable bonds is 4. The quantitative estimate of drug-likeness (QED) is 0.511. The van der Waals surface area contributed by atoms with Crippen LogP contribution in [-0.2, 0) is 6.54 Å². The first-order valence-corrected chi connectivity index (χ1v) is 6.94. The van der Waals surface area contributed by atoms with Gasteiger partial charge in [-0.15, -0.1) is 0 Å². The highest BCUT2D eigenvalue weighted by Crippen LogP contribution is 2.21. The second-order valence-corrected chi connectivity index (χ2v) is 5.22. The van der Waals surface area contributed by atoms with E-state index in [0.717, 1.165) is 12.3 Å². The first-order valence-electron chi connectivity index (χ1n) is 6.12. The molecule has 0 fully saturated rings. The minimum atomic E-state index is 0. The zero-order valence-electron chi connectivity index (χ0n) is 10.8. The third-order valence-corrected chi connectivity index (χ3v) is 4.01. The maximum atomic E-state index is 5.32. The molecule has 0 spiro atoms. The number of hydrogen-bond acceptors (Lipinski definition) is 2. The molecule has 102 valence electrons. The lowest BCUT2D eigenvalue weighted by Crippen LogP contribution is -3.00. The largest absolute Gasteiger partial charge is 1.00 e. The number of thiazole rings is 1. The maximum Gasteiger partial charge on any atom is 0.263 e. The lowest BCUT2D eigenvalue weighted by Gasteiger charge is -1.91. The van der Waals surface area contributed by atoms with E-state index in [4.69, 9.17) is 4.42 Å². The topological polar surface area (TPSA) is 17.0 Å². The summed E-state index contributed by atoms with van der Waals surface area (Å²) in [7, 11) is 0.